The molecule has 2 aliphatic carbocycles. The summed E-state index contributed by atoms with van der Waals surface area (Å²) >= 11 is 0. The fourth-order valence-electron chi connectivity index (χ4n) is 4.17. The average Bonchev–Trinajstić information content (AvgIpc) is 2.73. The Hall–Kier alpha value is -2.08. The smallest absolute Gasteiger partial charge is 0.0252 e. The van der Waals surface area contributed by atoms with Gasteiger partial charge < -0.3 is 0 Å². The monoisotopic (exact) mass is 286 g/mol. The molecule has 0 saturated carbocycles. The van der Waals surface area contributed by atoms with Gasteiger partial charge in [0.2, 0.25) is 0 Å². The molecule has 0 atom stereocenters. The maximum absolute atomic E-state index is 2.42. The number of aryl methyl sites for hydroxylation is 2. The molecule has 2 aromatic rings. The second kappa shape index (κ2) is 4.98. The average molecular weight is 286 g/mol. The van der Waals surface area contributed by atoms with Crippen LogP contribution in [0.4, 0.5) is 0 Å². The van der Waals surface area contributed by atoms with Crippen LogP contribution in [-0.4, -0.2) is 0 Å². The number of hydrogen-bond acceptors (Lipinski definition) is 0. The summed E-state index contributed by atoms with van der Waals surface area (Å²) in [6.45, 7) is 4.42. The van der Waals surface area contributed by atoms with Gasteiger partial charge in [-0.25, -0.2) is 0 Å². The van der Waals surface area contributed by atoms with Crippen molar-refractivity contribution in [1.82, 2.24) is 0 Å². The Kier molecular flexibility index (Phi) is 3.07. The Labute approximate surface area is 133 Å². The molecule has 0 heteroatoms. The van der Waals surface area contributed by atoms with Crippen molar-refractivity contribution in [2.75, 3.05) is 0 Å². The number of hydrogen-bond donors (Lipinski definition) is 0. The molecule has 0 aromatic heterocycles. The maximum Gasteiger partial charge on any atom is 0.0252 e. The Morgan fingerprint density at radius 2 is 1.36 bits per heavy atom. The van der Waals surface area contributed by atoms with E-state index in [1.807, 2.05) is 0 Å². The van der Waals surface area contributed by atoms with Crippen molar-refractivity contribution < 1.29 is 0 Å². The molecule has 0 aliphatic heterocycles. The lowest BCUT2D eigenvalue weighted by Gasteiger charge is -2.32. The van der Waals surface area contributed by atoms with Crippen LogP contribution in [0.25, 0.3) is 11.1 Å². The predicted octanol–water partition coefficient (Wildman–Crippen LogP) is 5.87. The first-order chi connectivity index (χ1) is 10.7. The van der Waals surface area contributed by atoms with Gasteiger partial charge in [-0.1, -0.05) is 71.8 Å². The van der Waals surface area contributed by atoms with Crippen molar-refractivity contribution in [3.63, 3.8) is 0 Å². The van der Waals surface area contributed by atoms with Gasteiger partial charge in [-0.05, 0) is 55.4 Å². The van der Waals surface area contributed by atoms with Crippen LogP contribution in [0.1, 0.15) is 41.5 Å². The fraction of sp³-hybridized carbons (Fsp3) is 0.273. The molecule has 110 valence electrons. The van der Waals surface area contributed by atoms with E-state index in [-0.39, 0.29) is 5.41 Å². The van der Waals surface area contributed by atoms with E-state index in [0.717, 1.165) is 12.8 Å². The third-order valence-electron chi connectivity index (χ3n) is 5.26. The molecule has 0 nitrogen and oxygen atoms in total. The number of rotatable bonds is 0. The summed E-state index contributed by atoms with van der Waals surface area (Å²) in [6, 6.07) is 14.0. The fourth-order valence-corrected chi connectivity index (χ4v) is 4.17. The zero-order valence-electron chi connectivity index (χ0n) is 13.4. The maximum atomic E-state index is 2.42. The van der Waals surface area contributed by atoms with Crippen molar-refractivity contribution in [3.8, 4) is 11.1 Å². The van der Waals surface area contributed by atoms with Crippen molar-refractivity contribution in [3.05, 3.63) is 83.0 Å². The summed E-state index contributed by atoms with van der Waals surface area (Å²) in [4.78, 5) is 0. The van der Waals surface area contributed by atoms with E-state index in [4.69, 9.17) is 0 Å². The molecule has 0 unspecified atom stereocenters. The van der Waals surface area contributed by atoms with Crippen molar-refractivity contribution in [2.24, 2.45) is 0 Å². The topological polar surface area (TPSA) is 0 Å². The van der Waals surface area contributed by atoms with Gasteiger partial charge in [-0.2, -0.15) is 0 Å². The summed E-state index contributed by atoms with van der Waals surface area (Å²) in [5.41, 5.74) is 8.84. The van der Waals surface area contributed by atoms with Gasteiger partial charge in [0.05, 0.1) is 0 Å². The van der Waals surface area contributed by atoms with Crippen molar-refractivity contribution in [2.45, 2.75) is 38.5 Å². The molecular formula is C22H22. The normalized spacial score (nSPS) is 17.9. The Balaban J connectivity index is 2.01. The number of benzene rings is 2. The number of allylic oxidation sites excluding steroid dienone is 4. The molecule has 0 bridgehead atoms. The number of fused-ring (bicyclic) bond motifs is 5. The van der Waals surface area contributed by atoms with Crippen LogP contribution in [0.5, 0.6) is 0 Å². The van der Waals surface area contributed by atoms with E-state index in [9.17, 15) is 0 Å². The first-order valence-electron chi connectivity index (χ1n) is 8.25. The highest BCUT2D eigenvalue weighted by molar-refractivity contribution is 5.81. The Morgan fingerprint density at radius 1 is 0.773 bits per heavy atom. The molecular weight excluding hydrogens is 264 g/mol. The summed E-state index contributed by atoms with van der Waals surface area (Å²) in [7, 11) is 0. The van der Waals surface area contributed by atoms with Crippen LogP contribution >= 0.6 is 0 Å². The van der Waals surface area contributed by atoms with E-state index < -0.39 is 0 Å². The van der Waals surface area contributed by atoms with Gasteiger partial charge in [0, 0.05) is 5.41 Å². The van der Waals surface area contributed by atoms with E-state index in [2.05, 4.69) is 74.5 Å². The summed E-state index contributed by atoms with van der Waals surface area (Å²) in [5, 5.41) is 0. The lowest BCUT2D eigenvalue weighted by molar-refractivity contribution is 0.491. The van der Waals surface area contributed by atoms with Crippen LogP contribution < -0.4 is 0 Å². The molecule has 4 rings (SSSR count). The zero-order valence-corrected chi connectivity index (χ0v) is 13.4. The quantitative estimate of drug-likeness (QED) is 0.568. The van der Waals surface area contributed by atoms with Gasteiger partial charge >= 0.3 is 0 Å². The molecule has 2 aliphatic rings. The standard InChI is InChI=1S/C22H22/c1-16-8-10-18-19-11-9-17(2)15-21(19)22(20(18)14-16)12-6-4-3-5-7-13-22/h3-6,8-11,14-15H,7,12-13H2,1-2H3. The van der Waals surface area contributed by atoms with E-state index >= 15 is 0 Å². The highest BCUT2D eigenvalue weighted by Gasteiger charge is 2.41. The van der Waals surface area contributed by atoms with Crippen LogP contribution in [0.3, 0.4) is 0 Å². The van der Waals surface area contributed by atoms with Crippen LogP contribution in [0.2, 0.25) is 0 Å². The lowest BCUT2D eigenvalue weighted by Crippen LogP contribution is -2.25. The Morgan fingerprint density at radius 3 is 2.00 bits per heavy atom. The molecule has 0 heterocycles. The molecule has 0 fully saturated rings. The third kappa shape index (κ3) is 1.90. The molecule has 0 saturated heterocycles. The van der Waals surface area contributed by atoms with Crippen molar-refractivity contribution in [1.29, 1.82) is 0 Å². The molecule has 0 radical (unpaired) electrons. The molecule has 2 aromatic carbocycles. The predicted molar refractivity (Wildman–Crippen MR) is 94.3 cm³/mol. The Bertz CT molecular complexity index is 738. The summed E-state index contributed by atoms with van der Waals surface area (Å²) < 4.78 is 0. The van der Waals surface area contributed by atoms with Gasteiger partial charge in [0.1, 0.15) is 0 Å². The summed E-state index contributed by atoms with van der Waals surface area (Å²) in [5.74, 6) is 0. The minimum absolute atomic E-state index is 0.157. The van der Waals surface area contributed by atoms with Gasteiger partial charge in [0.25, 0.3) is 0 Å². The SMILES string of the molecule is Cc1ccc2c(c1)C1(CC=CC=CCC1)c1cc(C)ccc1-2. The van der Waals surface area contributed by atoms with Crippen LogP contribution in [-0.2, 0) is 5.41 Å². The van der Waals surface area contributed by atoms with Crippen LogP contribution in [0, 0.1) is 13.8 Å². The molecule has 0 N–H and O–H groups in total. The van der Waals surface area contributed by atoms with Gasteiger partial charge in [-0.3, -0.25) is 0 Å². The molecule has 0 amide bonds. The van der Waals surface area contributed by atoms with E-state index in [0.29, 0.717) is 0 Å². The van der Waals surface area contributed by atoms with E-state index in [1.165, 1.54) is 39.8 Å². The first-order valence-corrected chi connectivity index (χ1v) is 8.25. The second-order valence-electron chi connectivity index (χ2n) is 6.78. The van der Waals surface area contributed by atoms with Crippen LogP contribution in [0.15, 0.2) is 60.7 Å². The van der Waals surface area contributed by atoms with Gasteiger partial charge in [-0.15, -0.1) is 0 Å². The minimum atomic E-state index is 0.157. The van der Waals surface area contributed by atoms with E-state index in [1.54, 1.807) is 0 Å². The largest absolute Gasteiger partial charge is 0.0845 e. The highest BCUT2D eigenvalue weighted by Crippen LogP contribution is 2.54. The zero-order chi connectivity index (χ0) is 15.2. The van der Waals surface area contributed by atoms with Gasteiger partial charge in [0.15, 0.2) is 0 Å². The minimum Gasteiger partial charge on any atom is -0.0845 e. The molecule has 1 spiro atoms. The third-order valence-corrected chi connectivity index (χ3v) is 5.26. The van der Waals surface area contributed by atoms with Crippen molar-refractivity contribution >= 4 is 0 Å². The lowest BCUT2D eigenvalue weighted by atomic mass is 9.71. The first kappa shape index (κ1) is 13.6. The molecule has 22 heavy (non-hydrogen) atoms. The second-order valence-corrected chi connectivity index (χ2v) is 6.78. The highest BCUT2D eigenvalue weighted by atomic mass is 14.4. The summed E-state index contributed by atoms with van der Waals surface area (Å²) in [6.07, 6.45) is 12.5.